The molecule has 0 aliphatic heterocycles. The van der Waals surface area contributed by atoms with Crippen LogP contribution in [0.15, 0.2) is 42.5 Å². The van der Waals surface area contributed by atoms with Crippen LogP contribution >= 0.6 is 11.6 Å². The molecule has 2 aromatic rings. The molecule has 0 saturated heterocycles. The van der Waals surface area contributed by atoms with Gasteiger partial charge in [-0.25, -0.2) is 0 Å². The summed E-state index contributed by atoms with van der Waals surface area (Å²) in [6.07, 6.45) is 0. The summed E-state index contributed by atoms with van der Waals surface area (Å²) in [5.41, 5.74) is 2.70. The first-order chi connectivity index (χ1) is 9.47. The van der Waals surface area contributed by atoms with E-state index < -0.39 is 4.92 Å². The maximum absolute atomic E-state index is 11.0. The molecule has 104 valence electrons. The van der Waals surface area contributed by atoms with Crippen molar-refractivity contribution in [3.8, 4) is 0 Å². The molecule has 2 rings (SSSR count). The molecule has 0 saturated carbocycles. The number of nitro benzene ring substituents is 1. The van der Waals surface area contributed by atoms with Crippen molar-refractivity contribution in [2.24, 2.45) is 0 Å². The van der Waals surface area contributed by atoms with E-state index in [9.17, 15) is 10.1 Å². The van der Waals surface area contributed by atoms with Gasteiger partial charge in [0.05, 0.1) is 4.92 Å². The Morgan fingerprint density at radius 2 is 1.85 bits per heavy atom. The molecule has 1 N–H and O–H groups in total. The van der Waals surface area contributed by atoms with Crippen LogP contribution in [0.3, 0.4) is 0 Å². The van der Waals surface area contributed by atoms with Crippen LogP contribution in [-0.2, 0) is 0 Å². The monoisotopic (exact) mass is 290 g/mol. The fourth-order valence-corrected chi connectivity index (χ4v) is 2.12. The predicted molar refractivity (Wildman–Crippen MR) is 81.3 cm³/mol. The lowest BCUT2D eigenvalue weighted by atomic mass is 10.1. The Hall–Kier alpha value is -2.07. The fourth-order valence-electron chi connectivity index (χ4n) is 1.95. The van der Waals surface area contributed by atoms with Crippen molar-refractivity contribution in [1.82, 2.24) is 0 Å². The van der Waals surface area contributed by atoms with Gasteiger partial charge in [-0.1, -0.05) is 41.4 Å². The minimum atomic E-state index is -0.434. The van der Waals surface area contributed by atoms with Crippen molar-refractivity contribution < 1.29 is 4.92 Å². The van der Waals surface area contributed by atoms with Crippen LogP contribution < -0.4 is 5.32 Å². The van der Waals surface area contributed by atoms with Crippen LogP contribution in [0.2, 0.25) is 5.02 Å². The molecule has 0 amide bonds. The second-order valence-electron chi connectivity index (χ2n) is 4.70. The normalized spacial score (nSPS) is 11.9. The van der Waals surface area contributed by atoms with Gasteiger partial charge in [0.2, 0.25) is 0 Å². The number of benzene rings is 2. The molecule has 4 nitrogen and oxygen atoms in total. The summed E-state index contributed by atoms with van der Waals surface area (Å²) in [4.78, 5) is 10.6. The third kappa shape index (κ3) is 3.27. The van der Waals surface area contributed by atoms with Crippen molar-refractivity contribution in [3.63, 3.8) is 0 Å². The number of halogens is 1. The molecule has 0 bridgehead atoms. The summed E-state index contributed by atoms with van der Waals surface area (Å²) in [6, 6.07) is 12.6. The van der Waals surface area contributed by atoms with E-state index in [2.05, 4.69) is 5.32 Å². The highest BCUT2D eigenvalue weighted by Crippen LogP contribution is 2.30. The van der Waals surface area contributed by atoms with Crippen molar-refractivity contribution >= 4 is 23.0 Å². The molecule has 0 spiro atoms. The molecule has 0 aliphatic rings. The summed E-state index contributed by atoms with van der Waals surface area (Å²) < 4.78 is 0. The molecule has 0 aromatic heterocycles. The van der Waals surface area contributed by atoms with Crippen LogP contribution in [0, 0.1) is 17.0 Å². The second kappa shape index (κ2) is 5.92. The average Bonchev–Trinajstić information content (AvgIpc) is 2.41. The average molecular weight is 291 g/mol. The summed E-state index contributed by atoms with van der Waals surface area (Å²) >= 11 is 5.80. The molecule has 1 atom stereocenters. The van der Waals surface area contributed by atoms with Gasteiger partial charge in [-0.2, -0.15) is 0 Å². The zero-order valence-electron chi connectivity index (χ0n) is 11.3. The minimum Gasteiger partial charge on any atom is -0.373 e. The van der Waals surface area contributed by atoms with E-state index in [0.717, 1.165) is 5.56 Å². The third-order valence-corrected chi connectivity index (χ3v) is 3.34. The van der Waals surface area contributed by atoms with Crippen LogP contribution in [-0.4, -0.2) is 4.92 Å². The largest absolute Gasteiger partial charge is 0.373 e. The van der Waals surface area contributed by atoms with E-state index in [4.69, 9.17) is 11.6 Å². The second-order valence-corrected chi connectivity index (χ2v) is 5.13. The lowest BCUT2D eigenvalue weighted by Gasteiger charge is -2.16. The van der Waals surface area contributed by atoms with E-state index in [-0.39, 0.29) is 11.7 Å². The van der Waals surface area contributed by atoms with Crippen LogP contribution in [0.4, 0.5) is 11.4 Å². The number of nitrogens with zero attached hydrogens (tertiary/aromatic N) is 1. The van der Waals surface area contributed by atoms with Gasteiger partial charge in [0, 0.05) is 17.1 Å². The van der Waals surface area contributed by atoms with Gasteiger partial charge in [0.25, 0.3) is 5.69 Å². The van der Waals surface area contributed by atoms with Crippen LogP contribution in [0.5, 0.6) is 0 Å². The number of hydrogen-bond donors (Lipinski definition) is 1. The first kappa shape index (κ1) is 14.3. The molecule has 2 aromatic carbocycles. The summed E-state index contributed by atoms with van der Waals surface area (Å²) in [6.45, 7) is 3.98. The molecule has 0 heterocycles. The summed E-state index contributed by atoms with van der Waals surface area (Å²) in [7, 11) is 0. The van der Waals surface area contributed by atoms with Crippen LogP contribution in [0.25, 0.3) is 0 Å². The fraction of sp³-hybridized carbons (Fsp3) is 0.200. The minimum absolute atomic E-state index is 0.0172. The van der Waals surface area contributed by atoms with Crippen molar-refractivity contribution in [1.29, 1.82) is 0 Å². The Balaban J connectivity index is 2.25. The number of hydrogen-bond acceptors (Lipinski definition) is 3. The first-order valence-electron chi connectivity index (χ1n) is 6.24. The van der Waals surface area contributed by atoms with E-state index in [1.807, 2.05) is 38.1 Å². The molecule has 1 unspecified atom stereocenters. The maximum Gasteiger partial charge on any atom is 0.293 e. The lowest BCUT2D eigenvalue weighted by molar-refractivity contribution is -0.384. The van der Waals surface area contributed by atoms with Crippen molar-refractivity contribution in [3.05, 3.63) is 68.7 Å². The van der Waals surface area contributed by atoms with Gasteiger partial charge < -0.3 is 5.32 Å². The Morgan fingerprint density at radius 1 is 1.20 bits per heavy atom. The quantitative estimate of drug-likeness (QED) is 0.654. The topological polar surface area (TPSA) is 55.2 Å². The summed E-state index contributed by atoms with van der Waals surface area (Å²) in [5.74, 6) is 0. The standard InChI is InChI=1S/C15H15ClN2O2/c1-10-3-5-12(6-4-10)11(2)17-14-8-7-13(16)9-15(14)18(19)20/h3-9,11,17H,1-2H3. The highest BCUT2D eigenvalue weighted by molar-refractivity contribution is 6.30. The lowest BCUT2D eigenvalue weighted by Crippen LogP contribution is -2.08. The Morgan fingerprint density at radius 3 is 2.45 bits per heavy atom. The maximum atomic E-state index is 11.0. The van der Waals surface area contributed by atoms with Crippen molar-refractivity contribution in [2.45, 2.75) is 19.9 Å². The SMILES string of the molecule is Cc1ccc(C(C)Nc2ccc(Cl)cc2[N+](=O)[O-])cc1. The van der Waals surface area contributed by atoms with E-state index in [1.165, 1.54) is 11.6 Å². The van der Waals surface area contributed by atoms with E-state index >= 15 is 0 Å². The molecular weight excluding hydrogens is 276 g/mol. The van der Waals surface area contributed by atoms with E-state index in [0.29, 0.717) is 10.7 Å². The predicted octanol–water partition coefficient (Wildman–Crippen LogP) is 4.73. The first-order valence-corrected chi connectivity index (χ1v) is 6.62. The Kier molecular flexibility index (Phi) is 4.25. The molecule has 20 heavy (non-hydrogen) atoms. The van der Waals surface area contributed by atoms with Gasteiger partial charge in [-0.05, 0) is 31.5 Å². The number of aryl methyl sites for hydroxylation is 1. The Bertz CT molecular complexity index is 626. The zero-order valence-corrected chi connectivity index (χ0v) is 12.0. The van der Waals surface area contributed by atoms with Gasteiger partial charge in [-0.15, -0.1) is 0 Å². The smallest absolute Gasteiger partial charge is 0.293 e. The van der Waals surface area contributed by atoms with E-state index in [1.54, 1.807) is 12.1 Å². The molecule has 0 aliphatic carbocycles. The van der Waals surface area contributed by atoms with Gasteiger partial charge >= 0.3 is 0 Å². The zero-order chi connectivity index (χ0) is 14.7. The number of nitrogens with one attached hydrogen (secondary N) is 1. The molecular formula is C15H15ClN2O2. The van der Waals surface area contributed by atoms with Gasteiger partial charge in [-0.3, -0.25) is 10.1 Å². The third-order valence-electron chi connectivity index (χ3n) is 3.11. The highest BCUT2D eigenvalue weighted by atomic mass is 35.5. The number of rotatable bonds is 4. The number of anilines is 1. The summed E-state index contributed by atoms with van der Waals surface area (Å²) in [5, 5.41) is 14.6. The van der Waals surface area contributed by atoms with Gasteiger partial charge in [0.1, 0.15) is 5.69 Å². The number of nitro groups is 1. The Labute approximate surface area is 122 Å². The molecule has 5 heteroatoms. The van der Waals surface area contributed by atoms with Gasteiger partial charge in [0.15, 0.2) is 0 Å². The van der Waals surface area contributed by atoms with Crippen LogP contribution in [0.1, 0.15) is 24.1 Å². The molecule has 0 radical (unpaired) electrons. The molecule has 0 fully saturated rings. The highest BCUT2D eigenvalue weighted by Gasteiger charge is 2.16. The van der Waals surface area contributed by atoms with Crippen molar-refractivity contribution in [2.75, 3.05) is 5.32 Å².